The summed E-state index contributed by atoms with van der Waals surface area (Å²) >= 11 is 5.95. The molecule has 1 fully saturated rings. The van der Waals surface area contributed by atoms with Crippen LogP contribution in [0.25, 0.3) is 11.1 Å². The highest BCUT2D eigenvalue weighted by Crippen LogP contribution is 2.42. The van der Waals surface area contributed by atoms with Gasteiger partial charge >= 0.3 is 6.18 Å². The third kappa shape index (κ3) is 4.63. The second-order valence-electron chi connectivity index (χ2n) is 7.80. The smallest absolute Gasteiger partial charge is 0.378 e. The Hall–Kier alpha value is -2.84. The summed E-state index contributed by atoms with van der Waals surface area (Å²) in [5, 5.41) is -0.235. The van der Waals surface area contributed by atoms with Gasteiger partial charge in [0, 0.05) is 25.2 Å². The van der Waals surface area contributed by atoms with E-state index in [4.69, 9.17) is 16.3 Å². The van der Waals surface area contributed by atoms with Crippen molar-refractivity contribution in [3.05, 3.63) is 81.9 Å². The summed E-state index contributed by atoms with van der Waals surface area (Å²) in [6, 6.07) is 12.3. The molecule has 1 saturated heterocycles. The molecular formula is C24H21ClF4N2O2. The average molecular weight is 481 g/mol. The van der Waals surface area contributed by atoms with Crippen LogP contribution in [0.5, 0.6) is 0 Å². The molecule has 0 aliphatic carbocycles. The van der Waals surface area contributed by atoms with Crippen molar-refractivity contribution in [3.8, 4) is 11.1 Å². The fourth-order valence-electron chi connectivity index (χ4n) is 4.18. The lowest BCUT2D eigenvalue weighted by atomic mass is 10.00. The largest absolute Gasteiger partial charge is 0.431 e. The molecule has 0 bridgehead atoms. The maximum absolute atomic E-state index is 14.3. The zero-order valence-electron chi connectivity index (χ0n) is 17.8. The van der Waals surface area contributed by atoms with Gasteiger partial charge in [0.15, 0.2) is 0 Å². The molecule has 9 heteroatoms. The maximum Gasteiger partial charge on any atom is 0.431 e. The van der Waals surface area contributed by atoms with Crippen LogP contribution in [0.3, 0.4) is 0 Å². The van der Waals surface area contributed by atoms with E-state index in [0.717, 1.165) is 10.6 Å². The highest BCUT2D eigenvalue weighted by atomic mass is 35.5. The first-order valence-electron chi connectivity index (χ1n) is 10.3. The van der Waals surface area contributed by atoms with Crippen LogP contribution < -0.4 is 0 Å². The molecular weight excluding hydrogens is 460 g/mol. The van der Waals surface area contributed by atoms with E-state index in [2.05, 4.69) is 0 Å². The summed E-state index contributed by atoms with van der Waals surface area (Å²) in [5.41, 5.74) is -0.188. The van der Waals surface area contributed by atoms with Crippen molar-refractivity contribution >= 4 is 17.5 Å². The fourth-order valence-corrected chi connectivity index (χ4v) is 4.36. The van der Waals surface area contributed by atoms with E-state index in [1.165, 1.54) is 24.0 Å². The van der Waals surface area contributed by atoms with E-state index >= 15 is 0 Å². The first kappa shape index (κ1) is 23.3. The second kappa shape index (κ2) is 9.19. The van der Waals surface area contributed by atoms with Crippen molar-refractivity contribution in [2.24, 2.45) is 0 Å². The SMILES string of the molecule is Cc1c(-c2ccc(F)c(Cl)c2)c(C(=O)N2CCOCC2)n(Cc2ccccc2)c1C(F)(F)F. The maximum atomic E-state index is 14.3. The molecule has 1 aliphatic heterocycles. The van der Waals surface area contributed by atoms with Crippen molar-refractivity contribution < 1.29 is 27.1 Å². The zero-order valence-corrected chi connectivity index (χ0v) is 18.5. The van der Waals surface area contributed by atoms with E-state index in [1.807, 2.05) is 0 Å². The Morgan fingerprint density at radius 3 is 2.36 bits per heavy atom. The minimum absolute atomic E-state index is 0.0941. The molecule has 1 amide bonds. The minimum Gasteiger partial charge on any atom is -0.378 e. The van der Waals surface area contributed by atoms with E-state index < -0.39 is 23.6 Å². The van der Waals surface area contributed by atoms with Crippen LogP contribution in [0.2, 0.25) is 5.02 Å². The fraction of sp³-hybridized carbons (Fsp3) is 0.292. The van der Waals surface area contributed by atoms with Crippen molar-refractivity contribution in [2.75, 3.05) is 26.3 Å². The number of carbonyl (C=O) groups is 1. The minimum atomic E-state index is -4.72. The summed E-state index contributed by atoms with van der Waals surface area (Å²) in [4.78, 5) is 15.1. The lowest BCUT2D eigenvalue weighted by Crippen LogP contribution is -2.41. The second-order valence-corrected chi connectivity index (χ2v) is 8.21. The van der Waals surface area contributed by atoms with Crippen LogP contribution in [-0.4, -0.2) is 41.7 Å². The molecule has 33 heavy (non-hydrogen) atoms. The molecule has 1 aliphatic rings. The molecule has 0 spiro atoms. The quantitative estimate of drug-likeness (QED) is 0.443. The Balaban J connectivity index is 1.99. The first-order chi connectivity index (χ1) is 15.7. The Kier molecular flexibility index (Phi) is 6.50. The molecule has 1 aromatic heterocycles. The molecule has 4 rings (SSSR count). The molecule has 0 saturated carbocycles. The molecule has 2 heterocycles. The molecule has 0 atom stereocenters. The van der Waals surface area contributed by atoms with Crippen LogP contribution in [0.1, 0.15) is 27.3 Å². The number of aromatic nitrogens is 1. The summed E-state index contributed by atoms with van der Waals surface area (Å²) < 4.78 is 63.1. The lowest BCUT2D eigenvalue weighted by Gasteiger charge is -2.28. The summed E-state index contributed by atoms with van der Waals surface area (Å²) in [7, 11) is 0. The Morgan fingerprint density at radius 2 is 1.76 bits per heavy atom. The van der Waals surface area contributed by atoms with Crippen LogP contribution in [0, 0.1) is 12.7 Å². The van der Waals surface area contributed by atoms with Gasteiger partial charge in [-0.15, -0.1) is 0 Å². The predicted molar refractivity (Wildman–Crippen MR) is 117 cm³/mol. The molecule has 2 aromatic carbocycles. The number of morpholine rings is 1. The summed E-state index contributed by atoms with van der Waals surface area (Å²) in [6.45, 7) is 2.30. The van der Waals surface area contributed by atoms with Gasteiger partial charge in [-0.1, -0.05) is 48.0 Å². The van der Waals surface area contributed by atoms with Crippen molar-refractivity contribution in [2.45, 2.75) is 19.6 Å². The standard InChI is InChI=1S/C24H21ClF4N2O2/c1-15-20(17-7-8-19(26)18(25)13-17)21(23(32)30-9-11-33-12-10-30)31(22(15)24(27,28)29)14-16-5-3-2-4-6-16/h2-8,13H,9-12,14H2,1H3. The number of hydrogen-bond donors (Lipinski definition) is 0. The Bertz CT molecular complexity index is 1170. The van der Waals surface area contributed by atoms with Crippen LogP contribution in [0.4, 0.5) is 17.6 Å². The normalized spacial score (nSPS) is 14.5. The Morgan fingerprint density at radius 1 is 1.09 bits per heavy atom. The van der Waals surface area contributed by atoms with Crippen LogP contribution >= 0.6 is 11.6 Å². The third-order valence-electron chi connectivity index (χ3n) is 5.67. The van der Waals surface area contributed by atoms with Gasteiger partial charge in [0.1, 0.15) is 17.2 Å². The van der Waals surface area contributed by atoms with Gasteiger partial charge in [-0.25, -0.2) is 4.39 Å². The van der Waals surface area contributed by atoms with Gasteiger partial charge in [-0.2, -0.15) is 13.2 Å². The van der Waals surface area contributed by atoms with Gasteiger partial charge < -0.3 is 14.2 Å². The predicted octanol–water partition coefficient (Wildman–Crippen LogP) is 5.80. The molecule has 0 radical (unpaired) electrons. The van der Waals surface area contributed by atoms with E-state index in [9.17, 15) is 22.4 Å². The third-order valence-corrected chi connectivity index (χ3v) is 5.96. The van der Waals surface area contributed by atoms with Crippen molar-refractivity contribution in [1.29, 1.82) is 0 Å². The number of halogens is 5. The Labute approximate surface area is 193 Å². The number of amides is 1. The van der Waals surface area contributed by atoms with Crippen LogP contribution in [0.15, 0.2) is 48.5 Å². The zero-order chi connectivity index (χ0) is 23.8. The van der Waals surface area contributed by atoms with Crippen molar-refractivity contribution in [1.82, 2.24) is 9.47 Å². The highest BCUT2D eigenvalue weighted by Gasteiger charge is 2.42. The first-order valence-corrected chi connectivity index (χ1v) is 10.7. The number of ether oxygens (including phenoxy) is 1. The van der Waals surface area contributed by atoms with Gasteiger partial charge in [-0.05, 0) is 35.7 Å². The number of alkyl halides is 3. The monoisotopic (exact) mass is 480 g/mol. The van der Waals surface area contributed by atoms with E-state index in [0.29, 0.717) is 18.8 Å². The number of benzene rings is 2. The van der Waals surface area contributed by atoms with E-state index in [-0.39, 0.29) is 47.0 Å². The summed E-state index contributed by atoms with van der Waals surface area (Å²) in [6.07, 6.45) is -4.72. The van der Waals surface area contributed by atoms with Gasteiger partial charge in [-0.3, -0.25) is 4.79 Å². The van der Waals surface area contributed by atoms with E-state index in [1.54, 1.807) is 30.3 Å². The number of carbonyl (C=O) groups excluding carboxylic acids is 1. The summed E-state index contributed by atoms with van der Waals surface area (Å²) in [5.74, 6) is -1.23. The number of nitrogens with zero attached hydrogens (tertiary/aromatic N) is 2. The van der Waals surface area contributed by atoms with Gasteiger partial charge in [0.2, 0.25) is 0 Å². The molecule has 3 aromatic rings. The van der Waals surface area contributed by atoms with Crippen molar-refractivity contribution in [3.63, 3.8) is 0 Å². The lowest BCUT2D eigenvalue weighted by molar-refractivity contribution is -0.143. The van der Waals surface area contributed by atoms with Gasteiger partial charge in [0.25, 0.3) is 5.91 Å². The van der Waals surface area contributed by atoms with Gasteiger partial charge in [0.05, 0.1) is 18.2 Å². The van der Waals surface area contributed by atoms with Crippen LogP contribution in [-0.2, 0) is 17.5 Å². The topological polar surface area (TPSA) is 34.5 Å². The number of rotatable bonds is 4. The average Bonchev–Trinajstić information content (AvgIpc) is 3.08. The molecule has 4 nitrogen and oxygen atoms in total. The molecule has 0 N–H and O–H groups in total. The molecule has 0 unspecified atom stereocenters. The highest BCUT2D eigenvalue weighted by molar-refractivity contribution is 6.31. The number of hydrogen-bond acceptors (Lipinski definition) is 2. The molecule has 174 valence electrons.